The van der Waals surface area contributed by atoms with Crippen LogP contribution in [0.15, 0.2) is 17.1 Å². The number of carbonyl (C=O) groups is 1. The van der Waals surface area contributed by atoms with Gasteiger partial charge in [-0.05, 0) is 62.2 Å². The van der Waals surface area contributed by atoms with Crippen LogP contribution >= 0.6 is 0 Å². The zero-order valence-electron chi connectivity index (χ0n) is 18.0. The van der Waals surface area contributed by atoms with Gasteiger partial charge in [-0.1, -0.05) is 6.07 Å². The van der Waals surface area contributed by atoms with Gasteiger partial charge in [-0.25, -0.2) is 0 Å². The van der Waals surface area contributed by atoms with E-state index in [9.17, 15) is 4.79 Å². The van der Waals surface area contributed by atoms with E-state index in [0.29, 0.717) is 12.5 Å². The van der Waals surface area contributed by atoms with Crippen molar-refractivity contribution in [3.8, 4) is 11.5 Å². The molecule has 2 saturated heterocycles. The minimum atomic E-state index is -0.0832. The van der Waals surface area contributed by atoms with Crippen molar-refractivity contribution in [3.05, 3.63) is 17.7 Å². The van der Waals surface area contributed by atoms with Crippen molar-refractivity contribution < 1.29 is 14.3 Å². The van der Waals surface area contributed by atoms with Crippen LogP contribution in [0.4, 0.5) is 5.69 Å². The number of aliphatic imine (C=N–C) groups is 1. The molecule has 3 atom stereocenters. The second kappa shape index (κ2) is 6.46. The van der Waals surface area contributed by atoms with Crippen LogP contribution in [0.3, 0.4) is 0 Å². The third kappa shape index (κ3) is 2.38. The summed E-state index contributed by atoms with van der Waals surface area (Å²) >= 11 is 0. The predicted octanol–water partition coefficient (Wildman–Crippen LogP) is 3.15. The zero-order valence-corrected chi connectivity index (χ0v) is 18.0. The van der Waals surface area contributed by atoms with Gasteiger partial charge in [-0.3, -0.25) is 14.7 Å². The maximum atomic E-state index is 12.9. The van der Waals surface area contributed by atoms with Gasteiger partial charge < -0.3 is 14.4 Å². The minimum absolute atomic E-state index is 0.0316. The number of hydrogen-bond donors (Lipinski definition) is 0. The fraction of sp³-hybridized carbons (Fsp3) is 0.652. The highest BCUT2D eigenvalue weighted by molar-refractivity contribution is 6.05. The molecule has 3 fully saturated rings. The Balaban J connectivity index is 1.67. The average Bonchev–Trinajstić information content (AvgIpc) is 3.27. The Labute approximate surface area is 172 Å². The van der Waals surface area contributed by atoms with Crippen LogP contribution in [-0.2, 0) is 10.2 Å². The molecule has 0 bridgehead atoms. The molecule has 6 heteroatoms. The lowest BCUT2D eigenvalue weighted by Crippen LogP contribution is -2.62. The maximum Gasteiger partial charge on any atom is 0.222 e. The first-order valence-corrected chi connectivity index (χ1v) is 10.7. The fourth-order valence-electron chi connectivity index (χ4n) is 6.82. The van der Waals surface area contributed by atoms with Crippen molar-refractivity contribution in [1.29, 1.82) is 0 Å². The van der Waals surface area contributed by atoms with Gasteiger partial charge in [0.2, 0.25) is 5.91 Å². The van der Waals surface area contributed by atoms with E-state index in [2.05, 4.69) is 11.0 Å². The van der Waals surface area contributed by atoms with Crippen molar-refractivity contribution in [2.24, 2.45) is 10.4 Å². The lowest BCUT2D eigenvalue weighted by atomic mass is 9.52. The molecule has 0 aromatic heterocycles. The molecule has 1 aromatic rings. The van der Waals surface area contributed by atoms with Crippen molar-refractivity contribution >= 4 is 17.3 Å². The molecule has 0 radical (unpaired) electrons. The second-order valence-electron chi connectivity index (χ2n) is 9.35. The van der Waals surface area contributed by atoms with E-state index < -0.39 is 0 Å². The number of hydrogen-bond acceptors (Lipinski definition) is 5. The van der Waals surface area contributed by atoms with E-state index in [1.807, 2.05) is 20.2 Å². The molecule has 3 aliphatic heterocycles. The number of piperidine rings is 1. The molecule has 29 heavy (non-hydrogen) atoms. The van der Waals surface area contributed by atoms with Crippen molar-refractivity contribution in [2.75, 3.05) is 41.4 Å². The van der Waals surface area contributed by atoms with E-state index >= 15 is 0 Å². The Hall–Kier alpha value is -2.08. The molecular formula is C23H31N3O3. The van der Waals surface area contributed by atoms with Gasteiger partial charge in [0.05, 0.1) is 19.6 Å². The van der Waals surface area contributed by atoms with Crippen LogP contribution in [0.1, 0.15) is 44.1 Å². The number of rotatable bonds is 4. The van der Waals surface area contributed by atoms with Gasteiger partial charge in [0.15, 0.2) is 11.5 Å². The summed E-state index contributed by atoms with van der Waals surface area (Å²) in [7, 11) is 7.12. The average molecular weight is 398 g/mol. The quantitative estimate of drug-likeness (QED) is 0.783. The molecule has 6 nitrogen and oxygen atoms in total. The molecule has 0 unspecified atom stereocenters. The topological polar surface area (TPSA) is 54.4 Å². The van der Waals surface area contributed by atoms with Crippen molar-refractivity contribution in [3.63, 3.8) is 0 Å². The highest BCUT2D eigenvalue weighted by Crippen LogP contribution is 2.64. The molecule has 1 saturated carbocycles. The number of methoxy groups -OCH3 is 2. The van der Waals surface area contributed by atoms with Crippen LogP contribution in [-0.4, -0.2) is 68.9 Å². The Morgan fingerprint density at radius 1 is 1.21 bits per heavy atom. The first-order chi connectivity index (χ1) is 14.0. The molecule has 4 aliphatic rings. The monoisotopic (exact) mass is 397 g/mol. The Kier molecular flexibility index (Phi) is 4.21. The summed E-state index contributed by atoms with van der Waals surface area (Å²) in [6.07, 6.45) is 6.03. The number of benzene rings is 1. The summed E-state index contributed by atoms with van der Waals surface area (Å²) in [5, 5.41) is 0. The van der Waals surface area contributed by atoms with E-state index in [1.165, 1.54) is 17.7 Å². The van der Waals surface area contributed by atoms with Gasteiger partial charge in [0.25, 0.3) is 0 Å². The predicted molar refractivity (Wildman–Crippen MR) is 113 cm³/mol. The van der Waals surface area contributed by atoms with Crippen LogP contribution in [0.5, 0.6) is 11.5 Å². The highest BCUT2D eigenvalue weighted by Gasteiger charge is 2.65. The first-order valence-electron chi connectivity index (χ1n) is 10.7. The molecule has 1 aliphatic carbocycles. The summed E-state index contributed by atoms with van der Waals surface area (Å²) < 4.78 is 11.3. The van der Waals surface area contributed by atoms with Crippen LogP contribution < -0.4 is 9.47 Å². The largest absolute Gasteiger partial charge is 0.493 e. The smallest absolute Gasteiger partial charge is 0.222 e. The summed E-state index contributed by atoms with van der Waals surface area (Å²) in [6.45, 7) is 2.20. The lowest BCUT2D eigenvalue weighted by Gasteiger charge is -2.56. The Bertz CT molecular complexity index is 896. The van der Waals surface area contributed by atoms with E-state index in [-0.39, 0.29) is 16.7 Å². The summed E-state index contributed by atoms with van der Waals surface area (Å²) in [4.78, 5) is 22.4. The highest BCUT2D eigenvalue weighted by atomic mass is 16.5. The van der Waals surface area contributed by atoms with Crippen LogP contribution in [0, 0.1) is 5.41 Å². The third-order valence-corrected chi connectivity index (χ3v) is 7.95. The van der Waals surface area contributed by atoms with Gasteiger partial charge in [0, 0.05) is 32.3 Å². The second-order valence-corrected chi connectivity index (χ2v) is 9.35. The molecule has 156 valence electrons. The number of carbonyl (C=O) groups excluding carboxylic acids is 1. The van der Waals surface area contributed by atoms with E-state index in [1.54, 1.807) is 19.1 Å². The molecular weight excluding hydrogens is 366 g/mol. The van der Waals surface area contributed by atoms with Gasteiger partial charge in [-0.15, -0.1) is 0 Å². The first kappa shape index (κ1) is 18.9. The molecule has 1 spiro atoms. The fourth-order valence-corrected chi connectivity index (χ4v) is 6.82. The van der Waals surface area contributed by atoms with Crippen molar-refractivity contribution in [1.82, 2.24) is 9.80 Å². The van der Waals surface area contributed by atoms with E-state index in [4.69, 9.17) is 14.5 Å². The number of amides is 1. The third-order valence-electron chi connectivity index (χ3n) is 7.95. The maximum absolute atomic E-state index is 12.9. The summed E-state index contributed by atoms with van der Waals surface area (Å²) in [6, 6.07) is 4.58. The van der Waals surface area contributed by atoms with E-state index in [0.717, 1.165) is 56.0 Å². The number of nitrogens with zero attached hydrogens (tertiary/aromatic N) is 3. The molecule has 3 heterocycles. The summed E-state index contributed by atoms with van der Waals surface area (Å²) in [5.74, 6) is 1.73. The normalized spacial score (nSPS) is 32.1. The van der Waals surface area contributed by atoms with Gasteiger partial charge >= 0.3 is 0 Å². The Morgan fingerprint density at radius 3 is 2.76 bits per heavy atom. The molecule has 5 rings (SSSR count). The van der Waals surface area contributed by atoms with Gasteiger partial charge in [-0.2, -0.15) is 0 Å². The molecule has 0 N–H and O–H groups in total. The molecule has 1 aromatic carbocycles. The van der Waals surface area contributed by atoms with Gasteiger partial charge in [0.1, 0.15) is 5.69 Å². The Morgan fingerprint density at radius 2 is 2.03 bits per heavy atom. The number of fused-ring (bicyclic) bond motifs is 1. The van der Waals surface area contributed by atoms with Crippen LogP contribution in [0.2, 0.25) is 0 Å². The number of ether oxygens (including phenoxy) is 2. The standard InChI is InChI=1S/C23H31N3O3/c1-25(2)18(27)14-22-9-5-12-26-13-11-23(21(22)26)15-6-7-16(28-3)20(29-4)19(15)24-17(23)8-10-22/h6-7,21H,5,8-14H2,1-4H3/t21-,22-,23-/m1/s1. The molecule has 1 amide bonds. The SMILES string of the molecule is COc1ccc2c(c1OC)N=C1CC[C@@]3(CC(=O)N(C)C)CCCN4CC[C@]12[C@H]43. The van der Waals surface area contributed by atoms with Crippen LogP contribution in [0.25, 0.3) is 0 Å². The lowest BCUT2D eigenvalue weighted by molar-refractivity contribution is -0.134. The van der Waals surface area contributed by atoms with Crippen molar-refractivity contribution in [2.45, 2.75) is 50.0 Å². The minimum Gasteiger partial charge on any atom is -0.493 e. The summed E-state index contributed by atoms with van der Waals surface area (Å²) in [5.41, 5.74) is 3.47. The zero-order chi connectivity index (χ0) is 20.4.